The summed E-state index contributed by atoms with van der Waals surface area (Å²) in [7, 11) is 0. The van der Waals surface area contributed by atoms with Gasteiger partial charge in [0.15, 0.2) is 0 Å². The average Bonchev–Trinajstić information content (AvgIpc) is 3.18. The van der Waals surface area contributed by atoms with E-state index in [1.165, 1.54) is 0 Å². The zero-order valence-corrected chi connectivity index (χ0v) is 16.3. The molecule has 2 fully saturated rings. The van der Waals surface area contributed by atoms with Crippen LogP contribution in [0, 0.1) is 0 Å². The zero-order chi connectivity index (χ0) is 22.6. The Morgan fingerprint density at radius 3 is 2.19 bits per heavy atom. The molecule has 0 aliphatic carbocycles. The number of piperidine rings is 1. The summed E-state index contributed by atoms with van der Waals surface area (Å²) in [5, 5.41) is 7.12. The van der Waals surface area contributed by atoms with E-state index >= 15 is 0 Å². The van der Waals surface area contributed by atoms with Crippen LogP contribution >= 0.6 is 0 Å². The van der Waals surface area contributed by atoms with E-state index in [-0.39, 0.29) is 23.9 Å². The molecule has 0 unspecified atom stereocenters. The van der Waals surface area contributed by atoms with Crippen LogP contribution < -0.4 is 4.90 Å². The number of rotatable bonds is 2. The summed E-state index contributed by atoms with van der Waals surface area (Å²) in [6, 6.07) is 13.4. The largest absolute Gasteiger partial charge is 0.490 e. The molecule has 1 aromatic carbocycles. The molecule has 10 heteroatoms. The molecule has 164 valence electrons. The minimum Gasteiger partial charge on any atom is -0.475 e. The Balaban J connectivity index is 0.000000339. The van der Waals surface area contributed by atoms with E-state index in [0.717, 1.165) is 18.5 Å². The van der Waals surface area contributed by atoms with Crippen LogP contribution in [-0.2, 0) is 9.59 Å². The molecular formula is C21H20F3N3O4. The predicted molar refractivity (Wildman–Crippen MR) is 104 cm³/mol. The number of likely N-dealkylation sites (tertiary alicyclic amines) is 1. The molecule has 4 rings (SSSR count). The molecule has 2 aromatic rings. The molecule has 3 heterocycles. The Morgan fingerprint density at radius 2 is 1.61 bits per heavy atom. The third-order valence-corrected chi connectivity index (χ3v) is 5.23. The van der Waals surface area contributed by atoms with Crippen molar-refractivity contribution in [2.75, 3.05) is 11.4 Å². The molecule has 0 bridgehead atoms. The molecule has 0 spiro atoms. The van der Waals surface area contributed by atoms with Gasteiger partial charge in [0, 0.05) is 36.6 Å². The fourth-order valence-corrected chi connectivity index (χ4v) is 3.90. The predicted octanol–water partition coefficient (Wildman–Crippen LogP) is 3.13. The number of hydrogen-bond acceptors (Lipinski definition) is 4. The van der Waals surface area contributed by atoms with Crippen LogP contribution in [-0.4, -0.2) is 57.6 Å². The van der Waals surface area contributed by atoms with Gasteiger partial charge in [0.2, 0.25) is 5.91 Å². The van der Waals surface area contributed by atoms with Crippen LogP contribution in [0.25, 0.3) is 0 Å². The lowest BCUT2D eigenvalue weighted by Crippen LogP contribution is -2.53. The van der Waals surface area contributed by atoms with Crippen LogP contribution in [0.15, 0.2) is 54.9 Å². The maximum Gasteiger partial charge on any atom is 0.490 e. The van der Waals surface area contributed by atoms with Gasteiger partial charge in [0.25, 0.3) is 5.91 Å². The minimum atomic E-state index is -5.08. The number of pyridine rings is 1. The molecule has 31 heavy (non-hydrogen) atoms. The summed E-state index contributed by atoms with van der Waals surface area (Å²) in [5.74, 6) is -2.57. The molecule has 7 nitrogen and oxygen atoms in total. The lowest BCUT2D eigenvalue weighted by atomic mass is 9.95. The van der Waals surface area contributed by atoms with Crippen LogP contribution in [0.3, 0.4) is 0 Å². The molecule has 2 aliphatic rings. The van der Waals surface area contributed by atoms with Gasteiger partial charge < -0.3 is 14.9 Å². The van der Waals surface area contributed by atoms with E-state index in [2.05, 4.69) is 4.98 Å². The number of carbonyl (C=O) groups is 3. The monoisotopic (exact) mass is 435 g/mol. The van der Waals surface area contributed by atoms with E-state index in [1.807, 2.05) is 40.1 Å². The molecule has 1 aromatic heterocycles. The summed E-state index contributed by atoms with van der Waals surface area (Å²) in [6.45, 7) is 0.688. The highest BCUT2D eigenvalue weighted by atomic mass is 19.4. The van der Waals surface area contributed by atoms with Crippen molar-refractivity contribution >= 4 is 23.5 Å². The van der Waals surface area contributed by atoms with Gasteiger partial charge in [-0.2, -0.15) is 13.2 Å². The quantitative estimate of drug-likeness (QED) is 0.783. The number of nitrogens with zero attached hydrogens (tertiary/aromatic N) is 3. The van der Waals surface area contributed by atoms with Crippen molar-refractivity contribution in [2.45, 2.75) is 37.5 Å². The first-order valence-electron chi connectivity index (χ1n) is 9.58. The van der Waals surface area contributed by atoms with Gasteiger partial charge in [0.1, 0.15) is 0 Å². The molecule has 2 amide bonds. The highest BCUT2D eigenvalue weighted by Gasteiger charge is 2.45. The van der Waals surface area contributed by atoms with Crippen LogP contribution in [0.2, 0.25) is 0 Å². The lowest BCUT2D eigenvalue weighted by Gasteiger charge is -2.39. The lowest BCUT2D eigenvalue weighted by molar-refractivity contribution is -0.192. The van der Waals surface area contributed by atoms with Gasteiger partial charge in [0.05, 0.1) is 12.1 Å². The van der Waals surface area contributed by atoms with Crippen LogP contribution in [0.1, 0.15) is 29.6 Å². The van der Waals surface area contributed by atoms with Crippen molar-refractivity contribution in [1.82, 2.24) is 9.88 Å². The smallest absolute Gasteiger partial charge is 0.475 e. The first-order valence-corrected chi connectivity index (χ1v) is 9.58. The van der Waals surface area contributed by atoms with E-state index in [1.54, 1.807) is 24.5 Å². The number of para-hydroxylation sites is 1. The summed E-state index contributed by atoms with van der Waals surface area (Å²) in [4.78, 5) is 42.0. The molecule has 2 atom stereocenters. The topological polar surface area (TPSA) is 90.8 Å². The third kappa shape index (κ3) is 5.01. The second-order valence-electron chi connectivity index (χ2n) is 7.10. The van der Waals surface area contributed by atoms with Crippen molar-refractivity contribution in [3.05, 3.63) is 60.4 Å². The SMILES string of the molecule is O=C(O)C(F)(F)F.O=C(c1ccncc1)N1CC[C@H]2[C@@H]1CCC(=O)N2c1ccccc1. The first-order chi connectivity index (χ1) is 14.7. The van der Waals surface area contributed by atoms with E-state index in [0.29, 0.717) is 18.5 Å². The van der Waals surface area contributed by atoms with Crippen molar-refractivity contribution in [3.63, 3.8) is 0 Å². The Labute approximate surface area is 176 Å². The number of aromatic nitrogens is 1. The highest BCUT2D eigenvalue weighted by molar-refractivity contribution is 5.97. The Morgan fingerprint density at radius 1 is 1.00 bits per heavy atom. The standard InChI is InChI=1S/C19H19N3O2.C2HF3O2/c23-18-7-6-16-17(22(18)15-4-2-1-3-5-15)10-13-21(16)19(24)14-8-11-20-12-9-14;3-2(4,5)1(6)7/h1-5,8-9,11-12,16-17H,6-7,10,13H2;(H,6,7)/t16-,17-;/m0./s1. The number of fused-ring (bicyclic) bond motifs is 1. The summed E-state index contributed by atoms with van der Waals surface area (Å²) >= 11 is 0. The fraction of sp³-hybridized carbons (Fsp3) is 0.333. The van der Waals surface area contributed by atoms with Crippen molar-refractivity contribution in [2.24, 2.45) is 0 Å². The number of aliphatic carboxylic acids is 1. The van der Waals surface area contributed by atoms with E-state index in [9.17, 15) is 22.8 Å². The van der Waals surface area contributed by atoms with Gasteiger partial charge >= 0.3 is 12.1 Å². The Bertz CT molecular complexity index is 938. The Kier molecular flexibility index (Phi) is 6.57. The third-order valence-electron chi connectivity index (χ3n) is 5.23. The fourth-order valence-electron chi connectivity index (χ4n) is 3.90. The van der Waals surface area contributed by atoms with Gasteiger partial charge in [-0.25, -0.2) is 4.79 Å². The number of halogens is 3. The molecule has 1 N–H and O–H groups in total. The van der Waals surface area contributed by atoms with Crippen molar-refractivity contribution in [1.29, 1.82) is 0 Å². The maximum absolute atomic E-state index is 12.8. The molecule has 2 aliphatic heterocycles. The number of carbonyl (C=O) groups excluding carboxylic acids is 2. The number of carboxylic acid groups (broad SMARTS) is 1. The van der Waals surface area contributed by atoms with Crippen molar-refractivity contribution < 1.29 is 32.7 Å². The molecule has 2 saturated heterocycles. The van der Waals surface area contributed by atoms with Gasteiger partial charge in [-0.15, -0.1) is 0 Å². The first kappa shape index (κ1) is 22.3. The number of benzene rings is 1. The van der Waals surface area contributed by atoms with Crippen LogP contribution in [0.4, 0.5) is 18.9 Å². The molecular weight excluding hydrogens is 415 g/mol. The second kappa shape index (κ2) is 9.15. The van der Waals surface area contributed by atoms with Gasteiger partial charge in [-0.1, -0.05) is 18.2 Å². The zero-order valence-electron chi connectivity index (χ0n) is 16.3. The molecule has 0 radical (unpaired) electrons. The average molecular weight is 435 g/mol. The highest BCUT2D eigenvalue weighted by Crippen LogP contribution is 2.35. The number of alkyl halides is 3. The van der Waals surface area contributed by atoms with E-state index in [4.69, 9.17) is 9.90 Å². The number of hydrogen-bond donors (Lipinski definition) is 1. The van der Waals surface area contributed by atoms with Gasteiger partial charge in [-0.3, -0.25) is 14.6 Å². The summed E-state index contributed by atoms with van der Waals surface area (Å²) in [6.07, 6.45) is 0.241. The minimum absolute atomic E-state index is 0.0345. The molecule has 0 saturated carbocycles. The summed E-state index contributed by atoms with van der Waals surface area (Å²) < 4.78 is 31.7. The normalized spacial score (nSPS) is 20.5. The summed E-state index contributed by atoms with van der Waals surface area (Å²) in [5.41, 5.74) is 1.59. The Hall–Kier alpha value is -3.43. The van der Waals surface area contributed by atoms with Crippen molar-refractivity contribution in [3.8, 4) is 0 Å². The number of carboxylic acids is 1. The maximum atomic E-state index is 12.8. The number of amides is 2. The van der Waals surface area contributed by atoms with Crippen LogP contribution in [0.5, 0.6) is 0 Å². The van der Waals surface area contributed by atoms with Gasteiger partial charge in [-0.05, 0) is 37.1 Å². The second-order valence-corrected chi connectivity index (χ2v) is 7.10. The van der Waals surface area contributed by atoms with E-state index < -0.39 is 12.1 Å². The number of anilines is 1.